The van der Waals surface area contributed by atoms with Crippen LogP contribution in [0, 0.1) is 6.92 Å². The second kappa shape index (κ2) is 10.4. The van der Waals surface area contributed by atoms with Gasteiger partial charge in [0, 0.05) is 56.2 Å². The number of nitrogens with zero attached hydrogens (tertiary/aromatic N) is 2. The van der Waals surface area contributed by atoms with Crippen LogP contribution in [0.2, 0.25) is 0 Å². The minimum absolute atomic E-state index is 0.286. The van der Waals surface area contributed by atoms with Crippen LogP contribution in [0.5, 0.6) is 5.75 Å². The summed E-state index contributed by atoms with van der Waals surface area (Å²) in [5.41, 5.74) is 2.03. The van der Waals surface area contributed by atoms with E-state index in [1.165, 1.54) is 32.5 Å². The van der Waals surface area contributed by atoms with Crippen LogP contribution in [-0.2, 0) is 28.6 Å². The van der Waals surface area contributed by atoms with E-state index in [0.29, 0.717) is 5.75 Å². The fourth-order valence-corrected chi connectivity index (χ4v) is 4.56. The number of aromatic nitrogens is 2. The van der Waals surface area contributed by atoms with Crippen molar-refractivity contribution in [1.82, 2.24) is 9.97 Å². The first kappa shape index (κ1) is 23.5. The molecule has 1 fully saturated rings. The van der Waals surface area contributed by atoms with Crippen molar-refractivity contribution in [1.29, 1.82) is 0 Å². The Morgan fingerprint density at radius 2 is 1.62 bits per heavy atom. The van der Waals surface area contributed by atoms with Gasteiger partial charge in [0.25, 0.3) is 0 Å². The summed E-state index contributed by atoms with van der Waals surface area (Å²) in [4.78, 5) is 43.4. The minimum atomic E-state index is -1.01. The highest BCUT2D eigenvalue weighted by Gasteiger charge is 2.47. The van der Waals surface area contributed by atoms with E-state index in [1.54, 1.807) is 30.9 Å². The Labute approximate surface area is 189 Å². The van der Waals surface area contributed by atoms with Gasteiger partial charge >= 0.3 is 17.9 Å². The zero-order valence-corrected chi connectivity index (χ0v) is 19.0. The summed E-state index contributed by atoms with van der Waals surface area (Å²) in [6.07, 6.45) is 3.91. The largest absolute Gasteiger partial charge is 0.474 e. The molecule has 2 aromatic heterocycles. The second-order valence-electron chi connectivity index (χ2n) is 7.22. The Hall–Kier alpha value is -3.14. The van der Waals surface area contributed by atoms with Crippen molar-refractivity contribution >= 4 is 29.7 Å². The number of ether oxygens (including phenoxy) is 4. The zero-order chi connectivity index (χ0) is 23.3. The van der Waals surface area contributed by atoms with Gasteiger partial charge in [0.1, 0.15) is 5.75 Å². The monoisotopic (exact) mass is 460 g/mol. The van der Waals surface area contributed by atoms with E-state index < -0.39 is 41.7 Å². The molecule has 0 saturated carbocycles. The molecule has 0 amide bonds. The van der Waals surface area contributed by atoms with Gasteiger partial charge in [-0.25, -0.2) is 0 Å². The van der Waals surface area contributed by atoms with E-state index in [1.807, 2.05) is 13.0 Å². The standard InChI is InChI=1S/C22H24N2O7S/c1-12-5-6-23-10-18(12)16-7-17(9-24-8-16)31-22-21(30-15(4)27)20(29-14(3)26)19(11-32-22)28-13(2)25/h5-10,19-22H,11H2,1-4H3/t19-,20+,21-,22+/m1/s1. The molecule has 9 nitrogen and oxygen atoms in total. The summed E-state index contributed by atoms with van der Waals surface area (Å²) in [6, 6.07) is 3.71. The molecule has 1 aliphatic rings. The highest BCUT2D eigenvalue weighted by atomic mass is 32.2. The van der Waals surface area contributed by atoms with Crippen LogP contribution in [-0.4, -0.2) is 57.4 Å². The van der Waals surface area contributed by atoms with Crippen LogP contribution in [0.15, 0.2) is 36.9 Å². The third kappa shape index (κ3) is 5.97. The van der Waals surface area contributed by atoms with E-state index in [9.17, 15) is 14.4 Å². The molecule has 0 bridgehead atoms. The van der Waals surface area contributed by atoms with Crippen LogP contribution >= 0.6 is 11.8 Å². The quantitative estimate of drug-likeness (QED) is 0.471. The fraction of sp³-hybridized carbons (Fsp3) is 0.409. The lowest BCUT2D eigenvalue weighted by Crippen LogP contribution is -2.55. The van der Waals surface area contributed by atoms with E-state index >= 15 is 0 Å². The molecule has 1 saturated heterocycles. The summed E-state index contributed by atoms with van der Waals surface area (Å²) in [5.74, 6) is -0.979. The first-order chi connectivity index (χ1) is 15.2. The van der Waals surface area contributed by atoms with Gasteiger partial charge in [-0.1, -0.05) is 0 Å². The maximum atomic E-state index is 11.8. The maximum Gasteiger partial charge on any atom is 0.303 e. The van der Waals surface area contributed by atoms with Crippen LogP contribution in [0.3, 0.4) is 0 Å². The molecule has 0 radical (unpaired) electrons. The number of carbonyl (C=O) groups is 3. The molecule has 0 aliphatic carbocycles. The van der Waals surface area contributed by atoms with E-state index in [4.69, 9.17) is 18.9 Å². The lowest BCUT2D eigenvalue weighted by molar-refractivity contribution is -0.186. The molecule has 3 rings (SSSR count). The van der Waals surface area contributed by atoms with Crippen molar-refractivity contribution in [3.63, 3.8) is 0 Å². The fourth-order valence-electron chi connectivity index (χ4n) is 3.34. The number of thioether (sulfide) groups is 1. The predicted molar refractivity (Wildman–Crippen MR) is 116 cm³/mol. The number of rotatable bonds is 6. The van der Waals surface area contributed by atoms with E-state index in [2.05, 4.69) is 9.97 Å². The maximum absolute atomic E-state index is 11.8. The summed E-state index contributed by atoms with van der Waals surface area (Å²) >= 11 is 1.29. The van der Waals surface area contributed by atoms with Gasteiger partial charge in [0.15, 0.2) is 23.7 Å². The molecule has 4 atom stereocenters. The first-order valence-electron chi connectivity index (χ1n) is 9.90. The molecule has 170 valence electrons. The molecule has 0 aromatic carbocycles. The number of pyridine rings is 2. The molecule has 32 heavy (non-hydrogen) atoms. The molecule has 3 heterocycles. The molecular weight excluding hydrogens is 436 g/mol. The van der Waals surface area contributed by atoms with Gasteiger partial charge in [0.05, 0.1) is 6.20 Å². The number of aryl methyl sites for hydroxylation is 1. The summed E-state index contributed by atoms with van der Waals surface area (Å²) < 4.78 is 22.2. The van der Waals surface area contributed by atoms with E-state index in [-0.39, 0.29) is 5.75 Å². The van der Waals surface area contributed by atoms with Crippen LogP contribution in [0.4, 0.5) is 0 Å². The normalized spacial score (nSPS) is 22.5. The third-order valence-electron chi connectivity index (χ3n) is 4.62. The molecule has 10 heteroatoms. The SMILES string of the molecule is CC(=O)O[C@@H]1[C@@H](OC(C)=O)[C@@H](Oc2cncc(-c3cnccc3C)c2)SC[C@H]1OC(C)=O. The Morgan fingerprint density at radius 1 is 0.938 bits per heavy atom. The van der Waals surface area contributed by atoms with Gasteiger partial charge in [-0.3, -0.25) is 24.4 Å². The molecular formula is C22H24N2O7S. The molecule has 0 N–H and O–H groups in total. The average Bonchev–Trinajstić information content (AvgIpc) is 2.72. The Morgan fingerprint density at radius 3 is 2.28 bits per heavy atom. The Balaban J connectivity index is 1.88. The van der Waals surface area contributed by atoms with Gasteiger partial charge < -0.3 is 18.9 Å². The highest BCUT2D eigenvalue weighted by molar-refractivity contribution is 7.99. The van der Waals surface area contributed by atoms with Crippen molar-refractivity contribution in [3.05, 3.63) is 42.5 Å². The molecule has 2 aromatic rings. The van der Waals surface area contributed by atoms with Crippen molar-refractivity contribution in [2.24, 2.45) is 0 Å². The number of hydrogen-bond acceptors (Lipinski definition) is 10. The first-order valence-corrected chi connectivity index (χ1v) is 11.0. The summed E-state index contributed by atoms with van der Waals surface area (Å²) in [5, 5.41) is 0. The molecule has 1 aliphatic heterocycles. The Kier molecular flexibility index (Phi) is 7.68. The van der Waals surface area contributed by atoms with E-state index in [0.717, 1.165) is 16.7 Å². The van der Waals surface area contributed by atoms with Crippen LogP contribution in [0.25, 0.3) is 11.1 Å². The number of hydrogen-bond donors (Lipinski definition) is 0. The van der Waals surface area contributed by atoms with Gasteiger partial charge in [-0.15, -0.1) is 11.8 Å². The van der Waals surface area contributed by atoms with Crippen molar-refractivity contribution in [2.45, 2.75) is 51.4 Å². The van der Waals surface area contributed by atoms with Crippen molar-refractivity contribution < 1.29 is 33.3 Å². The van der Waals surface area contributed by atoms with Crippen LogP contribution < -0.4 is 4.74 Å². The van der Waals surface area contributed by atoms with Gasteiger partial charge in [-0.05, 0) is 24.6 Å². The predicted octanol–water partition coefficient (Wildman–Crippen LogP) is 2.70. The molecule has 0 unspecified atom stereocenters. The smallest absolute Gasteiger partial charge is 0.303 e. The summed E-state index contributed by atoms with van der Waals surface area (Å²) in [6.45, 7) is 5.71. The number of carbonyl (C=O) groups excluding carboxylic acids is 3. The second-order valence-corrected chi connectivity index (χ2v) is 8.35. The van der Waals surface area contributed by atoms with Gasteiger partial charge in [-0.2, -0.15) is 0 Å². The van der Waals surface area contributed by atoms with Crippen molar-refractivity contribution in [2.75, 3.05) is 5.75 Å². The lowest BCUT2D eigenvalue weighted by Gasteiger charge is -2.39. The molecule has 0 spiro atoms. The topological polar surface area (TPSA) is 114 Å². The third-order valence-corrected chi connectivity index (χ3v) is 5.83. The van der Waals surface area contributed by atoms with Gasteiger partial charge in [0.2, 0.25) is 0 Å². The minimum Gasteiger partial charge on any atom is -0.474 e. The Bertz CT molecular complexity index is 1000. The zero-order valence-electron chi connectivity index (χ0n) is 18.1. The lowest BCUT2D eigenvalue weighted by atomic mass is 10.1. The average molecular weight is 461 g/mol. The number of esters is 3. The summed E-state index contributed by atoms with van der Waals surface area (Å²) in [7, 11) is 0. The van der Waals surface area contributed by atoms with Crippen LogP contribution in [0.1, 0.15) is 26.3 Å². The van der Waals surface area contributed by atoms with Crippen molar-refractivity contribution in [3.8, 4) is 16.9 Å². The highest BCUT2D eigenvalue weighted by Crippen LogP contribution is 2.35.